The molecule has 7 heteroatoms. The van der Waals surface area contributed by atoms with Gasteiger partial charge in [-0.1, -0.05) is 18.2 Å². The first kappa shape index (κ1) is 21.0. The predicted molar refractivity (Wildman–Crippen MR) is 124 cm³/mol. The zero-order chi connectivity index (χ0) is 21.6. The first-order valence-electron chi connectivity index (χ1n) is 11.1. The number of likely N-dealkylation sites (tertiary alicyclic amines) is 1. The smallest absolute Gasteiger partial charge is 0.251 e. The second-order valence-corrected chi connectivity index (χ2v) is 8.18. The molecule has 2 heterocycles. The third-order valence-corrected chi connectivity index (χ3v) is 6.09. The fourth-order valence-electron chi connectivity index (χ4n) is 4.34. The minimum absolute atomic E-state index is 0.125. The number of hydrogen-bond acceptors (Lipinski definition) is 5. The molecule has 0 aromatic heterocycles. The highest BCUT2D eigenvalue weighted by atomic mass is 16.2. The van der Waals surface area contributed by atoms with Crippen molar-refractivity contribution in [2.45, 2.75) is 19.3 Å². The van der Waals surface area contributed by atoms with Crippen LogP contribution in [0.4, 0.5) is 17.1 Å². The minimum atomic E-state index is -0.125. The van der Waals surface area contributed by atoms with Crippen LogP contribution in [0.15, 0.2) is 48.5 Å². The lowest BCUT2D eigenvalue weighted by Gasteiger charge is -2.37. The number of carbonyl (C=O) groups is 2. The van der Waals surface area contributed by atoms with E-state index in [-0.39, 0.29) is 11.8 Å². The van der Waals surface area contributed by atoms with Crippen LogP contribution in [0.25, 0.3) is 0 Å². The summed E-state index contributed by atoms with van der Waals surface area (Å²) >= 11 is 0. The average molecular weight is 422 g/mol. The fraction of sp³-hybridized carbons (Fsp3) is 0.417. The van der Waals surface area contributed by atoms with Crippen molar-refractivity contribution in [3.8, 4) is 0 Å². The molecule has 2 fully saturated rings. The number of benzene rings is 2. The van der Waals surface area contributed by atoms with E-state index in [0.29, 0.717) is 30.8 Å². The first-order valence-corrected chi connectivity index (χ1v) is 11.1. The van der Waals surface area contributed by atoms with Crippen molar-refractivity contribution in [3.63, 3.8) is 0 Å². The van der Waals surface area contributed by atoms with E-state index in [1.165, 1.54) is 5.69 Å². The number of nitrogens with zero attached hydrogens (tertiary/aromatic N) is 3. The number of hydrogen-bond donors (Lipinski definition) is 2. The molecule has 2 aromatic carbocycles. The molecule has 0 unspecified atom stereocenters. The van der Waals surface area contributed by atoms with Crippen molar-refractivity contribution in [2.75, 3.05) is 61.3 Å². The van der Waals surface area contributed by atoms with Crippen LogP contribution in [0.5, 0.6) is 0 Å². The van der Waals surface area contributed by atoms with E-state index in [1.807, 2.05) is 23.1 Å². The van der Waals surface area contributed by atoms with Crippen molar-refractivity contribution >= 4 is 28.9 Å². The van der Waals surface area contributed by atoms with Crippen LogP contribution in [0, 0.1) is 0 Å². The Morgan fingerprint density at radius 1 is 0.968 bits per heavy atom. The maximum absolute atomic E-state index is 12.5. The van der Waals surface area contributed by atoms with E-state index in [0.717, 1.165) is 51.3 Å². The Hall–Kier alpha value is -3.22. The molecule has 0 spiro atoms. The molecule has 2 aliphatic rings. The summed E-state index contributed by atoms with van der Waals surface area (Å²) in [7, 11) is 0. The molecule has 3 N–H and O–H groups in total. The number of rotatable bonds is 7. The van der Waals surface area contributed by atoms with Crippen molar-refractivity contribution in [3.05, 3.63) is 54.1 Å². The van der Waals surface area contributed by atoms with Gasteiger partial charge in [0, 0.05) is 63.5 Å². The van der Waals surface area contributed by atoms with Crippen LogP contribution in [-0.2, 0) is 4.79 Å². The van der Waals surface area contributed by atoms with E-state index < -0.39 is 0 Å². The third-order valence-electron chi connectivity index (χ3n) is 6.09. The molecule has 2 aromatic rings. The second-order valence-electron chi connectivity index (χ2n) is 8.18. The molecule has 0 bridgehead atoms. The normalized spacial score (nSPS) is 16.6. The molecule has 2 saturated heterocycles. The zero-order valence-electron chi connectivity index (χ0n) is 17.9. The Morgan fingerprint density at radius 2 is 1.71 bits per heavy atom. The van der Waals surface area contributed by atoms with Gasteiger partial charge >= 0.3 is 0 Å². The summed E-state index contributed by atoms with van der Waals surface area (Å²) in [6, 6.07) is 16.0. The van der Waals surface area contributed by atoms with Gasteiger partial charge in [-0.15, -0.1) is 0 Å². The van der Waals surface area contributed by atoms with Crippen LogP contribution in [0.3, 0.4) is 0 Å². The highest BCUT2D eigenvalue weighted by molar-refractivity contribution is 5.96. The average Bonchev–Trinajstić information content (AvgIpc) is 3.22. The zero-order valence-corrected chi connectivity index (χ0v) is 17.9. The fourth-order valence-corrected chi connectivity index (χ4v) is 4.34. The first-order chi connectivity index (χ1) is 15.1. The molecule has 4 rings (SSSR count). The summed E-state index contributed by atoms with van der Waals surface area (Å²) in [4.78, 5) is 30.6. The molecular formula is C24H31N5O2. The number of nitrogens with one attached hydrogen (secondary N) is 1. The monoisotopic (exact) mass is 421 g/mol. The van der Waals surface area contributed by atoms with Gasteiger partial charge in [0.25, 0.3) is 5.91 Å². The molecule has 0 radical (unpaired) electrons. The maximum Gasteiger partial charge on any atom is 0.251 e. The van der Waals surface area contributed by atoms with Gasteiger partial charge in [0.15, 0.2) is 0 Å². The maximum atomic E-state index is 12.5. The largest absolute Gasteiger partial charge is 0.397 e. The van der Waals surface area contributed by atoms with E-state index in [1.54, 1.807) is 6.07 Å². The van der Waals surface area contributed by atoms with Crippen molar-refractivity contribution < 1.29 is 9.59 Å². The predicted octanol–water partition coefficient (Wildman–Crippen LogP) is 2.34. The molecule has 0 aliphatic carbocycles. The topological polar surface area (TPSA) is 81.9 Å². The summed E-state index contributed by atoms with van der Waals surface area (Å²) in [5, 5.41) is 2.94. The lowest BCUT2D eigenvalue weighted by Crippen LogP contribution is -2.46. The van der Waals surface area contributed by atoms with Crippen LogP contribution in [-0.4, -0.2) is 62.5 Å². The number of amides is 2. The molecule has 0 atom stereocenters. The van der Waals surface area contributed by atoms with E-state index in [4.69, 9.17) is 5.73 Å². The number of para-hydroxylation sites is 1. The summed E-state index contributed by atoms with van der Waals surface area (Å²) < 4.78 is 0. The van der Waals surface area contributed by atoms with E-state index >= 15 is 0 Å². The lowest BCUT2D eigenvalue weighted by molar-refractivity contribution is -0.127. The Morgan fingerprint density at radius 3 is 2.39 bits per heavy atom. The molecule has 164 valence electrons. The standard InChI is InChI=1S/C24H31N5O2/c25-21-18-19(24(31)26-11-5-13-29-12-4-8-23(29)30)9-10-22(21)28-16-14-27(15-17-28)20-6-2-1-3-7-20/h1-3,6-7,9-10,18H,4-5,8,11-17,25H2,(H,26,31). The second kappa shape index (κ2) is 9.73. The van der Waals surface area contributed by atoms with Crippen molar-refractivity contribution in [1.29, 1.82) is 0 Å². The summed E-state index contributed by atoms with van der Waals surface area (Å²) in [6.45, 7) is 5.74. The van der Waals surface area contributed by atoms with Crippen molar-refractivity contribution in [1.82, 2.24) is 10.2 Å². The van der Waals surface area contributed by atoms with Crippen LogP contribution < -0.4 is 20.9 Å². The third kappa shape index (κ3) is 5.10. The van der Waals surface area contributed by atoms with Gasteiger partial charge in [0.1, 0.15) is 0 Å². The SMILES string of the molecule is Nc1cc(C(=O)NCCCN2CCCC2=O)ccc1N1CCN(c2ccccc2)CC1. The number of nitrogen functional groups attached to an aromatic ring is 1. The van der Waals surface area contributed by atoms with Gasteiger partial charge in [-0.3, -0.25) is 9.59 Å². The van der Waals surface area contributed by atoms with Crippen LogP contribution in [0.1, 0.15) is 29.6 Å². The lowest BCUT2D eigenvalue weighted by atomic mass is 10.1. The Labute approximate surface area is 183 Å². The quantitative estimate of drug-likeness (QED) is 0.530. The minimum Gasteiger partial charge on any atom is -0.397 e. The van der Waals surface area contributed by atoms with Crippen molar-refractivity contribution in [2.24, 2.45) is 0 Å². The van der Waals surface area contributed by atoms with E-state index in [2.05, 4.69) is 39.4 Å². The molecular weight excluding hydrogens is 390 g/mol. The molecule has 0 saturated carbocycles. The van der Waals surface area contributed by atoms with Gasteiger partial charge in [-0.2, -0.15) is 0 Å². The molecule has 31 heavy (non-hydrogen) atoms. The Kier molecular flexibility index (Phi) is 6.60. The summed E-state index contributed by atoms with van der Waals surface area (Å²) in [6.07, 6.45) is 2.36. The summed E-state index contributed by atoms with van der Waals surface area (Å²) in [5.74, 6) is 0.0965. The molecule has 7 nitrogen and oxygen atoms in total. The number of piperazine rings is 1. The summed E-state index contributed by atoms with van der Waals surface area (Å²) in [5.41, 5.74) is 9.74. The van der Waals surface area contributed by atoms with Gasteiger partial charge in [-0.25, -0.2) is 0 Å². The van der Waals surface area contributed by atoms with Crippen LogP contribution >= 0.6 is 0 Å². The number of anilines is 3. The Bertz CT molecular complexity index is 909. The van der Waals surface area contributed by atoms with Gasteiger partial charge in [-0.05, 0) is 43.2 Å². The van der Waals surface area contributed by atoms with Crippen LogP contribution in [0.2, 0.25) is 0 Å². The Balaban J connectivity index is 1.27. The van der Waals surface area contributed by atoms with Gasteiger partial charge < -0.3 is 25.8 Å². The highest BCUT2D eigenvalue weighted by Crippen LogP contribution is 2.26. The molecule has 2 aliphatic heterocycles. The van der Waals surface area contributed by atoms with Gasteiger partial charge in [0.2, 0.25) is 5.91 Å². The molecule has 2 amide bonds. The van der Waals surface area contributed by atoms with E-state index in [9.17, 15) is 9.59 Å². The number of carbonyl (C=O) groups excluding carboxylic acids is 2. The van der Waals surface area contributed by atoms with Gasteiger partial charge in [0.05, 0.1) is 11.4 Å². The number of nitrogens with two attached hydrogens (primary N) is 1. The highest BCUT2D eigenvalue weighted by Gasteiger charge is 2.21.